The standard InChI is InChI=1S/C15H21NO/c17-15(13-6-2-1-3-7-13)9-11-16-10-5-4-8-14(16)12-15/h1-3,6-7,14,17H,4-5,8-12H2/t14-,15+/m0/s1. The fourth-order valence-electron chi connectivity index (χ4n) is 3.42. The van der Waals surface area contributed by atoms with Crippen molar-refractivity contribution in [3.8, 4) is 0 Å². The summed E-state index contributed by atoms with van der Waals surface area (Å²) < 4.78 is 0. The summed E-state index contributed by atoms with van der Waals surface area (Å²) in [5.41, 5.74) is 0.518. The van der Waals surface area contributed by atoms with E-state index in [2.05, 4.69) is 17.0 Å². The van der Waals surface area contributed by atoms with Crippen LogP contribution in [0.4, 0.5) is 0 Å². The lowest BCUT2D eigenvalue weighted by molar-refractivity contribution is -0.0611. The third-order valence-electron chi connectivity index (χ3n) is 4.45. The molecule has 0 spiro atoms. The van der Waals surface area contributed by atoms with Crippen molar-refractivity contribution >= 4 is 0 Å². The minimum absolute atomic E-state index is 0.584. The number of fused-ring (bicyclic) bond motifs is 1. The molecule has 0 bridgehead atoms. The van der Waals surface area contributed by atoms with Crippen LogP contribution < -0.4 is 0 Å². The maximum atomic E-state index is 10.9. The maximum Gasteiger partial charge on any atom is 0.0923 e. The smallest absolute Gasteiger partial charge is 0.0923 e. The molecule has 1 N–H and O–H groups in total. The number of benzene rings is 1. The van der Waals surface area contributed by atoms with Crippen molar-refractivity contribution in [1.29, 1.82) is 0 Å². The third kappa shape index (κ3) is 2.12. The maximum absolute atomic E-state index is 10.9. The van der Waals surface area contributed by atoms with E-state index >= 15 is 0 Å². The second kappa shape index (κ2) is 4.43. The van der Waals surface area contributed by atoms with Crippen LogP contribution >= 0.6 is 0 Å². The Kier molecular flexibility index (Phi) is 2.93. The first-order chi connectivity index (χ1) is 8.28. The minimum Gasteiger partial charge on any atom is -0.385 e. The number of hydrogen-bond acceptors (Lipinski definition) is 2. The molecule has 92 valence electrons. The Morgan fingerprint density at radius 1 is 1.12 bits per heavy atom. The fourth-order valence-corrected chi connectivity index (χ4v) is 3.42. The van der Waals surface area contributed by atoms with Crippen LogP contribution in [0.3, 0.4) is 0 Å². The quantitative estimate of drug-likeness (QED) is 0.803. The van der Waals surface area contributed by atoms with Crippen LogP contribution in [0.15, 0.2) is 30.3 Å². The Bertz CT molecular complexity index is 378. The summed E-state index contributed by atoms with van der Waals surface area (Å²) in [6, 6.07) is 10.8. The Hall–Kier alpha value is -0.860. The van der Waals surface area contributed by atoms with Crippen LogP contribution in [-0.4, -0.2) is 29.1 Å². The van der Waals surface area contributed by atoms with Crippen LogP contribution in [0.5, 0.6) is 0 Å². The van der Waals surface area contributed by atoms with Crippen molar-refractivity contribution < 1.29 is 5.11 Å². The van der Waals surface area contributed by atoms with Crippen LogP contribution in [0, 0.1) is 0 Å². The third-order valence-corrected chi connectivity index (χ3v) is 4.45. The molecule has 0 unspecified atom stereocenters. The normalized spacial score (nSPS) is 34.3. The molecule has 0 saturated carbocycles. The van der Waals surface area contributed by atoms with Gasteiger partial charge in [-0.15, -0.1) is 0 Å². The lowest BCUT2D eigenvalue weighted by atomic mass is 9.78. The molecular formula is C15H21NO. The van der Waals surface area contributed by atoms with E-state index in [1.165, 1.54) is 25.8 Å². The van der Waals surface area contributed by atoms with Crippen molar-refractivity contribution in [3.05, 3.63) is 35.9 Å². The molecule has 17 heavy (non-hydrogen) atoms. The molecule has 0 amide bonds. The van der Waals surface area contributed by atoms with Gasteiger partial charge in [-0.3, -0.25) is 0 Å². The van der Waals surface area contributed by atoms with E-state index in [9.17, 15) is 5.11 Å². The second-order valence-electron chi connectivity index (χ2n) is 5.54. The van der Waals surface area contributed by atoms with Crippen molar-refractivity contribution in [3.63, 3.8) is 0 Å². The van der Waals surface area contributed by atoms with E-state index in [0.717, 1.165) is 24.9 Å². The highest BCUT2D eigenvalue weighted by Crippen LogP contribution is 2.38. The lowest BCUT2D eigenvalue weighted by Crippen LogP contribution is -2.50. The molecule has 2 heterocycles. The van der Waals surface area contributed by atoms with Crippen molar-refractivity contribution in [2.24, 2.45) is 0 Å². The molecule has 2 aliphatic rings. The van der Waals surface area contributed by atoms with Gasteiger partial charge in [0.15, 0.2) is 0 Å². The molecule has 2 nitrogen and oxygen atoms in total. The predicted octanol–water partition coefficient (Wildman–Crippen LogP) is 2.52. The van der Waals surface area contributed by atoms with Gasteiger partial charge in [-0.25, -0.2) is 0 Å². The fraction of sp³-hybridized carbons (Fsp3) is 0.600. The molecule has 0 aliphatic carbocycles. The highest BCUT2D eigenvalue weighted by molar-refractivity contribution is 5.23. The zero-order valence-electron chi connectivity index (χ0n) is 10.3. The van der Waals surface area contributed by atoms with E-state index in [1.807, 2.05) is 18.2 Å². The number of rotatable bonds is 1. The summed E-state index contributed by atoms with van der Waals surface area (Å²) in [5.74, 6) is 0. The van der Waals surface area contributed by atoms with E-state index in [0.29, 0.717) is 6.04 Å². The number of piperidine rings is 2. The van der Waals surface area contributed by atoms with E-state index in [-0.39, 0.29) is 0 Å². The van der Waals surface area contributed by atoms with Crippen molar-refractivity contribution in [2.75, 3.05) is 13.1 Å². The highest BCUT2D eigenvalue weighted by atomic mass is 16.3. The highest BCUT2D eigenvalue weighted by Gasteiger charge is 2.39. The molecule has 0 aromatic heterocycles. The Morgan fingerprint density at radius 3 is 2.76 bits per heavy atom. The number of nitrogens with zero attached hydrogens (tertiary/aromatic N) is 1. The Labute approximate surface area is 103 Å². The minimum atomic E-state index is -0.584. The summed E-state index contributed by atoms with van der Waals surface area (Å²) >= 11 is 0. The van der Waals surface area contributed by atoms with Gasteiger partial charge >= 0.3 is 0 Å². The second-order valence-corrected chi connectivity index (χ2v) is 5.54. The van der Waals surface area contributed by atoms with Crippen molar-refractivity contribution in [1.82, 2.24) is 4.90 Å². The average Bonchev–Trinajstić information content (AvgIpc) is 2.40. The van der Waals surface area contributed by atoms with Crippen molar-refractivity contribution in [2.45, 2.75) is 43.7 Å². The van der Waals surface area contributed by atoms with E-state index in [4.69, 9.17) is 0 Å². The van der Waals surface area contributed by atoms with Gasteiger partial charge in [-0.05, 0) is 37.8 Å². The first kappa shape index (κ1) is 11.2. The predicted molar refractivity (Wildman–Crippen MR) is 68.8 cm³/mol. The van der Waals surface area contributed by atoms with E-state index in [1.54, 1.807) is 0 Å². The summed E-state index contributed by atoms with van der Waals surface area (Å²) in [4.78, 5) is 2.57. The van der Waals surface area contributed by atoms with Crippen LogP contribution in [0.2, 0.25) is 0 Å². The van der Waals surface area contributed by atoms with Gasteiger partial charge in [0.25, 0.3) is 0 Å². The van der Waals surface area contributed by atoms with Crippen LogP contribution in [-0.2, 0) is 5.60 Å². The Balaban J connectivity index is 1.80. The van der Waals surface area contributed by atoms with Gasteiger partial charge in [0, 0.05) is 12.6 Å². The topological polar surface area (TPSA) is 23.5 Å². The molecule has 2 aliphatic heterocycles. The van der Waals surface area contributed by atoms with Crippen LogP contribution in [0.25, 0.3) is 0 Å². The average molecular weight is 231 g/mol. The molecule has 2 saturated heterocycles. The largest absolute Gasteiger partial charge is 0.385 e. The summed E-state index contributed by atoms with van der Waals surface area (Å²) in [6.07, 6.45) is 5.71. The molecule has 1 aromatic carbocycles. The zero-order chi connectivity index (χ0) is 11.7. The van der Waals surface area contributed by atoms with Crippen LogP contribution in [0.1, 0.15) is 37.7 Å². The summed E-state index contributed by atoms with van der Waals surface area (Å²) in [7, 11) is 0. The molecule has 3 rings (SSSR count). The molecule has 2 atom stereocenters. The molecule has 2 fully saturated rings. The van der Waals surface area contributed by atoms with Gasteiger partial charge < -0.3 is 10.0 Å². The van der Waals surface area contributed by atoms with Gasteiger partial charge in [-0.1, -0.05) is 36.8 Å². The number of hydrogen-bond donors (Lipinski definition) is 1. The number of aliphatic hydroxyl groups is 1. The summed E-state index contributed by atoms with van der Waals surface area (Å²) in [6.45, 7) is 2.28. The SMILES string of the molecule is O[C@]1(c2ccccc2)CCN2CCCC[C@H]2C1. The Morgan fingerprint density at radius 2 is 1.94 bits per heavy atom. The first-order valence-corrected chi connectivity index (χ1v) is 6.80. The lowest BCUT2D eigenvalue weighted by Gasteiger charge is -2.46. The monoisotopic (exact) mass is 231 g/mol. The molecule has 0 radical (unpaired) electrons. The molecule has 2 heteroatoms. The van der Waals surface area contributed by atoms with Gasteiger partial charge in [0.1, 0.15) is 0 Å². The van der Waals surface area contributed by atoms with Gasteiger partial charge in [0.2, 0.25) is 0 Å². The van der Waals surface area contributed by atoms with Gasteiger partial charge in [0.05, 0.1) is 5.60 Å². The first-order valence-electron chi connectivity index (χ1n) is 6.80. The van der Waals surface area contributed by atoms with E-state index < -0.39 is 5.60 Å². The molecular weight excluding hydrogens is 210 g/mol. The summed E-state index contributed by atoms with van der Waals surface area (Å²) in [5, 5.41) is 10.9. The molecule has 1 aromatic rings. The zero-order valence-corrected chi connectivity index (χ0v) is 10.3. The van der Waals surface area contributed by atoms with Gasteiger partial charge in [-0.2, -0.15) is 0 Å².